The number of furan rings is 1. The van der Waals surface area contributed by atoms with Gasteiger partial charge in [0.1, 0.15) is 5.58 Å². The van der Waals surface area contributed by atoms with Crippen LogP contribution in [0.2, 0.25) is 0 Å². The second-order valence-corrected chi connectivity index (χ2v) is 26.5. The second-order valence-electron chi connectivity index (χ2n) is 26.5. The fraction of sp³-hybridized carbons (Fsp3) is 0.415. The molecule has 3 aliphatic carbocycles. The molecular weight excluding hydrogens is 822 g/mol. The van der Waals surface area contributed by atoms with E-state index in [4.69, 9.17) is 4.42 Å². The third-order valence-electron chi connectivity index (χ3n) is 17.6. The molecule has 2 aliphatic heterocycles. The van der Waals surface area contributed by atoms with E-state index in [0.717, 1.165) is 11.2 Å². The van der Waals surface area contributed by atoms with Crippen molar-refractivity contribution in [1.82, 2.24) is 0 Å². The molecule has 3 heterocycles. The predicted octanol–water partition coefficient (Wildman–Crippen LogP) is 15.8. The van der Waals surface area contributed by atoms with E-state index in [-0.39, 0.29) is 45.1 Å². The number of fused-ring (bicyclic) bond motifs is 8. The topological polar surface area (TPSA) is 16.4 Å². The number of benzene rings is 5. The van der Waals surface area contributed by atoms with Crippen LogP contribution in [0.25, 0.3) is 22.6 Å². The van der Waals surface area contributed by atoms with Gasteiger partial charge in [-0.3, -0.25) is 0 Å². The summed E-state index contributed by atoms with van der Waals surface area (Å²) >= 11 is 0. The number of anilines is 3. The Morgan fingerprint density at radius 3 is 1.93 bits per heavy atom. The summed E-state index contributed by atoms with van der Waals surface area (Å²) in [4.78, 5) is 2.61. The smallest absolute Gasteiger partial charge is 0.294 e. The summed E-state index contributed by atoms with van der Waals surface area (Å²) in [5.74, 6) is 0.647. The molecule has 1 aromatic heterocycles. The van der Waals surface area contributed by atoms with Crippen molar-refractivity contribution in [2.45, 2.75) is 163 Å². The van der Waals surface area contributed by atoms with E-state index >= 15 is 0 Å². The van der Waals surface area contributed by atoms with Gasteiger partial charge in [-0.15, -0.1) is 0 Å². The number of aryl methyl sites for hydroxylation is 1. The first-order chi connectivity index (χ1) is 31.8. The highest BCUT2D eigenvalue weighted by molar-refractivity contribution is 6.99. The Labute approximate surface area is 409 Å². The molecule has 348 valence electrons. The van der Waals surface area contributed by atoms with Crippen LogP contribution in [0.15, 0.2) is 114 Å². The molecular formula is C65H74BNO. The maximum Gasteiger partial charge on any atom is 0.294 e. The first kappa shape index (κ1) is 45.2. The Morgan fingerprint density at radius 2 is 1.26 bits per heavy atom. The van der Waals surface area contributed by atoms with Crippen LogP contribution < -0.4 is 21.5 Å². The molecule has 6 aromatic rings. The summed E-state index contributed by atoms with van der Waals surface area (Å²) in [7, 11) is 0. The fourth-order valence-electron chi connectivity index (χ4n) is 13.2. The summed E-state index contributed by atoms with van der Waals surface area (Å²) < 4.78 is 7.42. The van der Waals surface area contributed by atoms with Gasteiger partial charge in [0.15, 0.2) is 0 Å². The minimum absolute atomic E-state index is 0.0240. The Morgan fingerprint density at radius 1 is 0.632 bits per heavy atom. The standard InChI is InChI=1S/C65H74BNO/c1-39-32-47-45(34-40-20-24-50-52(35-40)64(12,13)30-28-62(50,8)9)46-36-41(44-18-16-17-19-49(44)61(5,6)7)21-26-54(46)66-57(47)55(33-39)67(43-23-25-51-53(38-43)65(14,15)31-29-63(51,10)11)58-48-37-42(60(2,3)4)22-27-56(48)68-59(58)66/h16-27,32-38,44,49H,28-31H2,1-15H3/b45-34+. The van der Waals surface area contributed by atoms with Gasteiger partial charge in [0, 0.05) is 22.7 Å². The van der Waals surface area contributed by atoms with Crippen molar-refractivity contribution >= 4 is 63.0 Å². The zero-order valence-corrected chi connectivity index (χ0v) is 43.9. The highest BCUT2D eigenvalue weighted by Gasteiger charge is 2.47. The van der Waals surface area contributed by atoms with Gasteiger partial charge in [0.2, 0.25) is 0 Å². The van der Waals surface area contributed by atoms with Crippen LogP contribution in [0, 0.1) is 18.3 Å². The average molecular weight is 896 g/mol. The molecule has 0 saturated heterocycles. The first-order valence-electron chi connectivity index (χ1n) is 25.9. The monoisotopic (exact) mass is 896 g/mol. The Hall–Kier alpha value is -5.28. The SMILES string of the molecule is Cc1cc2c3c(c1)N(c1ccc4c(c1)C(C)(C)CCC4(C)C)c1c(oc4ccc(C(C)(C)C)cc14)B3c1ccc(C3C=CC=CC3C(C)(C)C)cc1/C2=C\c1ccc2c(c1)C(C)(C)CCC2(C)C. The minimum atomic E-state index is -0.0880. The van der Waals surface area contributed by atoms with Crippen LogP contribution in [-0.2, 0) is 27.1 Å². The molecule has 5 aromatic carbocycles. The largest absolute Gasteiger partial charge is 0.468 e. The molecule has 2 atom stereocenters. The normalized spacial score (nSPS) is 22.1. The van der Waals surface area contributed by atoms with Crippen LogP contribution >= 0.6 is 0 Å². The zero-order valence-electron chi connectivity index (χ0n) is 43.9. The van der Waals surface area contributed by atoms with Crippen molar-refractivity contribution in [1.29, 1.82) is 0 Å². The summed E-state index contributed by atoms with van der Waals surface area (Å²) in [6, 6.07) is 34.3. The van der Waals surface area contributed by atoms with Gasteiger partial charge in [-0.25, -0.2) is 0 Å². The molecule has 0 bridgehead atoms. The first-order valence-corrected chi connectivity index (χ1v) is 25.9. The van der Waals surface area contributed by atoms with Gasteiger partial charge in [0.25, 0.3) is 6.71 Å². The number of hydrogen-bond donors (Lipinski definition) is 0. The molecule has 0 saturated carbocycles. The Balaban J connectivity index is 1.22. The van der Waals surface area contributed by atoms with Crippen molar-refractivity contribution < 1.29 is 4.42 Å². The van der Waals surface area contributed by atoms with E-state index in [1.807, 2.05) is 0 Å². The minimum Gasteiger partial charge on any atom is -0.468 e. The van der Waals surface area contributed by atoms with Gasteiger partial charge in [-0.1, -0.05) is 181 Å². The van der Waals surface area contributed by atoms with Gasteiger partial charge >= 0.3 is 0 Å². The summed E-state index contributed by atoms with van der Waals surface area (Å²) in [6.07, 6.45) is 16.7. The molecule has 11 rings (SSSR count). The maximum absolute atomic E-state index is 7.42. The van der Waals surface area contributed by atoms with Gasteiger partial charge in [0.05, 0.1) is 11.3 Å². The van der Waals surface area contributed by atoms with Crippen LogP contribution in [0.1, 0.15) is 184 Å². The van der Waals surface area contributed by atoms with E-state index in [9.17, 15) is 0 Å². The van der Waals surface area contributed by atoms with Gasteiger partial charge in [-0.2, -0.15) is 0 Å². The number of hydrogen-bond acceptors (Lipinski definition) is 2. The molecule has 3 heteroatoms. The van der Waals surface area contributed by atoms with E-state index in [1.54, 1.807) is 0 Å². The Bertz CT molecular complexity index is 3180. The fourth-order valence-corrected chi connectivity index (χ4v) is 13.2. The maximum atomic E-state index is 7.42. The molecule has 0 fully saturated rings. The molecule has 0 N–H and O–H groups in total. The van der Waals surface area contributed by atoms with Crippen molar-refractivity contribution in [2.75, 3.05) is 4.90 Å². The van der Waals surface area contributed by atoms with E-state index in [0.29, 0.717) is 5.92 Å². The lowest BCUT2D eigenvalue weighted by atomic mass is 9.33. The summed E-state index contributed by atoms with van der Waals surface area (Å²) in [5.41, 5.74) is 23.9. The van der Waals surface area contributed by atoms with Crippen LogP contribution in [0.5, 0.6) is 0 Å². The lowest BCUT2D eigenvalue weighted by molar-refractivity contribution is 0.270. The van der Waals surface area contributed by atoms with Crippen molar-refractivity contribution in [3.63, 3.8) is 0 Å². The lowest BCUT2D eigenvalue weighted by Gasteiger charge is -2.43. The predicted molar refractivity (Wildman–Crippen MR) is 293 cm³/mol. The van der Waals surface area contributed by atoms with Crippen molar-refractivity contribution in [2.24, 2.45) is 11.3 Å². The third-order valence-corrected chi connectivity index (χ3v) is 17.6. The molecule has 2 nitrogen and oxygen atoms in total. The highest BCUT2D eigenvalue weighted by atomic mass is 16.3. The van der Waals surface area contributed by atoms with Crippen LogP contribution in [0.3, 0.4) is 0 Å². The number of nitrogens with zero attached hydrogens (tertiary/aromatic N) is 1. The van der Waals surface area contributed by atoms with E-state index in [2.05, 4.69) is 224 Å². The molecule has 2 unspecified atom stereocenters. The Kier molecular flexibility index (Phi) is 9.88. The van der Waals surface area contributed by atoms with Gasteiger partial charge < -0.3 is 9.32 Å². The van der Waals surface area contributed by atoms with Crippen molar-refractivity contribution in [3.8, 4) is 0 Å². The molecule has 68 heavy (non-hydrogen) atoms. The lowest BCUT2D eigenvalue weighted by Crippen LogP contribution is -2.60. The quantitative estimate of drug-likeness (QED) is 0.164. The molecule has 0 radical (unpaired) electrons. The number of rotatable bonds is 3. The average Bonchev–Trinajstić information content (AvgIpc) is 3.65. The summed E-state index contributed by atoms with van der Waals surface area (Å²) in [5, 5.41) is 1.18. The highest BCUT2D eigenvalue weighted by Crippen LogP contribution is 2.52. The second kappa shape index (κ2) is 14.9. The third kappa shape index (κ3) is 7.01. The van der Waals surface area contributed by atoms with Crippen molar-refractivity contribution in [3.05, 3.63) is 165 Å². The number of allylic oxidation sites excluding steroid dienone is 4. The van der Waals surface area contributed by atoms with Gasteiger partial charge in [-0.05, 0) is 174 Å². The van der Waals surface area contributed by atoms with Crippen LogP contribution in [0.4, 0.5) is 17.1 Å². The van der Waals surface area contributed by atoms with E-state index in [1.165, 1.54) is 120 Å². The zero-order chi connectivity index (χ0) is 48.2. The van der Waals surface area contributed by atoms with Crippen LogP contribution in [-0.4, -0.2) is 6.71 Å². The molecule has 0 amide bonds. The van der Waals surface area contributed by atoms with E-state index < -0.39 is 0 Å². The summed E-state index contributed by atoms with van der Waals surface area (Å²) in [6.45, 7) is 35.9. The molecule has 0 spiro atoms. The molecule has 5 aliphatic rings.